The van der Waals surface area contributed by atoms with Crippen molar-refractivity contribution in [3.05, 3.63) is 0 Å². The second-order valence-corrected chi connectivity index (χ2v) is 3.81. The molecule has 0 amide bonds. The van der Waals surface area contributed by atoms with Crippen molar-refractivity contribution in [1.82, 2.24) is 0 Å². The van der Waals surface area contributed by atoms with Gasteiger partial charge in [-0.05, 0) is 37.6 Å². The van der Waals surface area contributed by atoms with Crippen LogP contribution in [0.1, 0.15) is 19.3 Å². The molecule has 11 heavy (non-hydrogen) atoms. The quantitative estimate of drug-likeness (QED) is 0.480. The molecule has 0 bridgehead atoms. The zero-order valence-electron chi connectivity index (χ0n) is 7.05. The van der Waals surface area contributed by atoms with Crippen molar-refractivity contribution in [1.29, 1.82) is 0 Å². The monoisotopic (exact) mass is 172 g/mol. The summed E-state index contributed by atoms with van der Waals surface area (Å²) in [6, 6.07) is 0. The summed E-state index contributed by atoms with van der Waals surface area (Å²) < 4.78 is 5.28. The third-order valence-electron chi connectivity index (χ3n) is 2.30. The molecule has 0 spiro atoms. The van der Waals surface area contributed by atoms with Crippen LogP contribution in [0, 0.1) is 11.8 Å². The van der Waals surface area contributed by atoms with E-state index in [-0.39, 0.29) is 0 Å². The Morgan fingerprint density at radius 2 is 2.18 bits per heavy atom. The SMILES string of the molecule is C[Si]OCCC1CC1CCO. The molecule has 3 heteroatoms. The van der Waals surface area contributed by atoms with Gasteiger partial charge in [0, 0.05) is 13.2 Å². The highest BCUT2D eigenvalue weighted by Crippen LogP contribution is 2.43. The van der Waals surface area contributed by atoms with E-state index in [1.54, 1.807) is 0 Å². The first-order valence-electron chi connectivity index (χ1n) is 4.28. The van der Waals surface area contributed by atoms with Crippen LogP contribution in [-0.2, 0) is 4.43 Å². The standard InChI is InChI=1S/C8H16O2Si/c1-11-10-5-3-8-6-7(8)2-4-9/h7-9H,2-6H2,1H3. The Bertz CT molecular complexity index is 108. The third kappa shape index (κ3) is 3.36. The minimum Gasteiger partial charge on any atom is -0.418 e. The van der Waals surface area contributed by atoms with Crippen molar-refractivity contribution in [2.45, 2.75) is 25.8 Å². The van der Waals surface area contributed by atoms with E-state index in [0.29, 0.717) is 16.4 Å². The number of rotatable bonds is 6. The zero-order chi connectivity index (χ0) is 8.10. The van der Waals surface area contributed by atoms with E-state index in [9.17, 15) is 0 Å². The highest BCUT2D eigenvalue weighted by Gasteiger charge is 2.35. The molecule has 1 N–H and O–H groups in total. The predicted octanol–water partition coefficient (Wildman–Crippen LogP) is 1.08. The number of aliphatic hydroxyl groups excluding tert-OH is 1. The molecule has 1 rings (SSSR count). The van der Waals surface area contributed by atoms with Gasteiger partial charge in [0.05, 0.1) is 0 Å². The van der Waals surface area contributed by atoms with Gasteiger partial charge in [-0.2, -0.15) is 0 Å². The maximum atomic E-state index is 8.64. The summed E-state index contributed by atoms with van der Waals surface area (Å²) in [5, 5.41) is 8.64. The fourth-order valence-electron chi connectivity index (χ4n) is 1.50. The van der Waals surface area contributed by atoms with Crippen LogP contribution in [0.4, 0.5) is 0 Å². The molecular formula is C8H16O2Si. The maximum absolute atomic E-state index is 8.64. The van der Waals surface area contributed by atoms with E-state index >= 15 is 0 Å². The Hall–Kier alpha value is 0.137. The minimum absolute atomic E-state index is 0.359. The van der Waals surface area contributed by atoms with Crippen LogP contribution in [-0.4, -0.2) is 28.1 Å². The summed E-state index contributed by atoms with van der Waals surface area (Å²) in [5.41, 5.74) is 0. The molecule has 1 aliphatic rings. The smallest absolute Gasteiger partial charge is 0.226 e. The van der Waals surface area contributed by atoms with Crippen molar-refractivity contribution in [3.63, 3.8) is 0 Å². The summed E-state index contributed by atoms with van der Waals surface area (Å²) >= 11 is 0. The predicted molar refractivity (Wildman–Crippen MR) is 45.5 cm³/mol. The summed E-state index contributed by atoms with van der Waals surface area (Å²) in [4.78, 5) is 0. The van der Waals surface area contributed by atoms with Gasteiger partial charge in [-0.1, -0.05) is 0 Å². The average molecular weight is 172 g/mol. The molecule has 2 atom stereocenters. The Kier molecular flexibility index (Phi) is 4.11. The first-order valence-corrected chi connectivity index (χ1v) is 5.68. The lowest BCUT2D eigenvalue weighted by molar-refractivity contribution is 0.271. The molecule has 2 nitrogen and oxygen atoms in total. The average Bonchev–Trinajstić information content (AvgIpc) is 2.70. The third-order valence-corrected chi connectivity index (χ3v) is 2.80. The van der Waals surface area contributed by atoms with Gasteiger partial charge in [-0.3, -0.25) is 0 Å². The van der Waals surface area contributed by atoms with Gasteiger partial charge in [-0.15, -0.1) is 0 Å². The molecule has 64 valence electrons. The van der Waals surface area contributed by atoms with Crippen LogP contribution in [0.2, 0.25) is 6.55 Å². The fraction of sp³-hybridized carbons (Fsp3) is 1.00. The van der Waals surface area contributed by atoms with Crippen LogP contribution in [0.15, 0.2) is 0 Å². The van der Waals surface area contributed by atoms with Gasteiger partial charge in [0.2, 0.25) is 9.76 Å². The molecular weight excluding hydrogens is 156 g/mol. The number of hydrogen-bond acceptors (Lipinski definition) is 2. The number of aliphatic hydroxyl groups is 1. The van der Waals surface area contributed by atoms with Crippen molar-refractivity contribution in [3.8, 4) is 0 Å². The van der Waals surface area contributed by atoms with E-state index in [1.165, 1.54) is 12.8 Å². The minimum atomic E-state index is 0.359. The molecule has 0 heterocycles. The van der Waals surface area contributed by atoms with Crippen LogP contribution >= 0.6 is 0 Å². The fourth-order valence-corrected chi connectivity index (χ4v) is 1.82. The van der Waals surface area contributed by atoms with Gasteiger partial charge in [-0.25, -0.2) is 0 Å². The van der Waals surface area contributed by atoms with E-state index in [2.05, 4.69) is 6.55 Å². The molecule has 0 saturated heterocycles. The van der Waals surface area contributed by atoms with E-state index in [1.807, 2.05) is 0 Å². The second-order valence-electron chi connectivity index (χ2n) is 3.11. The molecule has 0 aromatic rings. The highest BCUT2D eigenvalue weighted by molar-refractivity contribution is 6.24. The van der Waals surface area contributed by atoms with Gasteiger partial charge in [0.15, 0.2) is 0 Å². The zero-order valence-corrected chi connectivity index (χ0v) is 8.05. The summed E-state index contributed by atoms with van der Waals surface area (Å²) in [5.74, 6) is 1.67. The first kappa shape index (κ1) is 9.23. The largest absolute Gasteiger partial charge is 0.418 e. The summed E-state index contributed by atoms with van der Waals surface area (Å²) in [6.07, 6.45) is 3.52. The molecule has 0 aliphatic heterocycles. The maximum Gasteiger partial charge on any atom is 0.226 e. The lowest BCUT2D eigenvalue weighted by Gasteiger charge is -1.98. The molecule has 0 aromatic carbocycles. The molecule has 1 aliphatic carbocycles. The van der Waals surface area contributed by atoms with Crippen LogP contribution in [0.25, 0.3) is 0 Å². The van der Waals surface area contributed by atoms with Gasteiger partial charge < -0.3 is 9.53 Å². The Labute approximate surface area is 70.9 Å². The summed E-state index contributed by atoms with van der Waals surface area (Å²) in [7, 11) is 0.629. The second kappa shape index (κ2) is 4.90. The van der Waals surface area contributed by atoms with Crippen molar-refractivity contribution < 1.29 is 9.53 Å². The summed E-state index contributed by atoms with van der Waals surface area (Å²) in [6.45, 7) is 3.33. The van der Waals surface area contributed by atoms with Crippen LogP contribution < -0.4 is 0 Å². The van der Waals surface area contributed by atoms with Crippen molar-refractivity contribution in [2.75, 3.05) is 13.2 Å². The normalized spacial score (nSPS) is 28.9. The molecule has 1 saturated carbocycles. The number of hydrogen-bond donors (Lipinski definition) is 1. The van der Waals surface area contributed by atoms with Crippen LogP contribution in [0.5, 0.6) is 0 Å². The van der Waals surface area contributed by atoms with E-state index in [0.717, 1.165) is 24.9 Å². The van der Waals surface area contributed by atoms with E-state index in [4.69, 9.17) is 9.53 Å². The Balaban J connectivity index is 1.87. The molecule has 2 unspecified atom stereocenters. The van der Waals surface area contributed by atoms with Crippen LogP contribution in [0.3, 0.4) is 0 Å². The molecule has 0 aromatic heterocycles. The Morgan fingerprint density at radius 3 is 2.82 bits per heavy atom. The Morgan fingerprint density at radius 1 is 1.45 bits per heavy atom. The topological polar surface area (TPSA) is 29.5 Å². The lowest BCUT2D eigenvalue weighted by atomic mass is 10.2. The van der Waals surface area contributed by atoms with Crippen molar-refractivity contribution in [2.24, 2.45) is 11.8 Å². The first-order chi connectivity index (χ1) is 5.38. The van der Waals surface area contributed by atoms with Crippen molar-refractivity contribution >= 4 is 9.76 Å². The lowest BCUT2D eigenvalue weighted by Crippen LogP contribution is -1.98. The van der Waals surface area contributed by atoms with Gasteiger partial charge in [0.25, 0.3) is 0 Å². The van der Waals surface area contributed by atoms with E-state index < -0.39 is 0 Å². The van der Waals surface area contributed by atoms with Gasteiger partial charge >= 0.3 is 0 Å². The molecule has 1 fully saturated rings. The van der Waals surface area contributed by atoms with Gasteiger partial charge in [0.1, 0.15) is 0 Å². The highest BCUT2D eigenvalue weighted by atomic mass is 28.2. The molecule has 2 radical (unpaired) electrons.